The van der Waals surface area contributed by atoms with Crippen LogP contribution in [0.5, 0.6) is 0 Å². The first-order valence-corrected chi connectivity index (χ1v) is 4.10. The Labute approximate surface area is 90.8 Å². The third kappa shape index (κ3) is 3.11. The maximum Gasteiger partial charge on any atom is 0.490 e. The lowest BCUT2D eigenvalue weighted by molar-refractivity contribution is -0.201. The van der Waals surface area contributed by atoms with Crippen LogP contribution in [0, 0.1) is 17.5 Å². The summed E-state index contributed by atoms with van der Waals surface area (Å²) in [5.74, 6) is -7.07. The maximum absolute atomic E-state index is 12.9. The first-order chi connectivity index (χ1) is 7.73. The Bertz CT molecular complexity index is 440. The van der Waals surface area contributed by atoms with Gasteiger partial charge in [0.15, 0.2) is 11.6 Å². The molecule has 0 aliphatic heterocycles. The molecule has 17 heavy (non-hydrogen) atoms. The highest BCUT2D eigenvalue weighted by Gasteiger charge is 2.41. The van der Waals surface area contributed by atoms with Gasteiger partial charge < -0.3 is 4.74 Å². The molecule has 0 N–H and O–H groups in total. The van der Waals surface area contributed by atoms with Crippen molar-refractivity contribution in [2.24, 2.45) is 0 Å². The highest BCUT2D eigenvalue weighted by molar-refractivity contribution is 5.75. The van der Waals surface area contributed by atoms with Crippen molar-refractivity contribution in [2.75, 3.05) is 0 Å². The number of hydrogen-bond donors (Lipinski definition) is 0. The van der Waals surface area contributed by atoms with Crippen molar-refractivity contribution >= 4 is 5.97 Å². The molecular formula is C9H4F6O2. The second kappa shape index (κ2) is 4.64. The number of ether oxygens (including phenoxy) is 1. The van der Waals surface area contributed by atoms with Crippen molar-refractivity contribution in [3.8, 4) is 0 Å². The van der Waals surface area contributed by atoms with E-state index in [4.69, 9.17) is 0 Å². The van der Waals surface area contributed by atoms with Gasteiger partial charge >= 0.3 is 12.1 Å². The Hall–Kier alpha value is -1.73. The highest BCUT2D eigenvalue weighted by atomic mass is 19.4. The van der Waals surface area contributed by atoms with Gasteiger partial charge in [-0.05, 0) is 12.1 Å². The summed E-state index contributed by atoms with van der Waals surface area (Å²) in [4.78, 5) is 10.3. The molecule has 1 rings (SSSR count). The van der Waals surface area contributed by atoms with Gasteiger partial charge in [0.05, 0.1) is 5.56 Å². The molecule has 94 valence electrons. The standard InChI is InChI=1S/C9H4F6O2/c10-5-1-2-6(11)7(12)4(5)3-17-8(16)9(13,14)15/h1-2H,3H2. The van der Waals surface area contributed by atoms with Gasteiger partial charge in [-0.1, -0.05) is 0 Å². The van der Waals surface area contributed by atoms with E-state index in [1.807, 2.05) is 0 Å². The summed E-state index contributed by atoms with van der Waals surface area (Å²) in [5, 5.41) is 0. The van der Waals surface area contributed by atoms with Crippen LogP contribution in [-0.4, -0.2) is 12.1 Å². The molecule has 0 spiro atoms. The molecule has 8 heteroatoms. The molecule has 0 atom stereocenters. The van der Waals surface area contributed by atoms with Crippen LogP contribution in [0.2, 0.25) is 0 Å². The number of carbonyl (C=O) groups excluding carboxylic acids is 1. The van der Waals surface area contributed by atoms with E-state index in [0.717, 1.165) is 0 Å². The minimum atomic E-state index is -5.28. The van der Waals surface area contributed by atoms with E-state index in [2.05, 4.69) is 4.74 Å². The predicted octanol–water partition coefficient (Wildman–Crippen LogP) is 2.71. The zero-order valence-electron chi connectivity index (χ0n) is 7.95. The van der Waals surface area contributed by atoms with E-state index in [0.29, 0.717) is 12.1 Å². The fourth-order valence-electron chi connectivity index (χ4n) is 0.921. The fraction of sp³-hybridized carbons (Fsp3) is 0.222. The molecule has 1 aromatic carbocycles. The number of halogens is 6. The smallest absolute Gasteiger partial charge is 0.454 e. The lowest BCUT2D eigenvalue weighted by Crippen LogP contribution is -2.25. The van der Waals surface area contributed by atoms with Gasteiger partial charge in [-0.25, -0.2) is 18.0 Å². The Morgan fingerprint density at radius 1 is 1.12 bits per heavy atom. The Balaban J connectivity index is 2.84. The fourth-order valence-corrected chi connectivity index (χ4v) is 0.921. The lowest BCUT2D eigenvalue weighted by atomic mass is 10.2. The molecule has 0 heterocycles. The van der Waals surface area contributed by atoms with Crippen molar-refractivity contribution < 1.29 is 35.9 Å². The summed E-state index contributed by atoms with van der Waals surface area (Å²) in [5.41, 5.74) is -1.08. The number of benzene rings is 1. The molecule has 0 unspecified atom stereocenters. The molecule has 0 radical (unpaired) electrons. The zero-order chi connectivity index (χ0) is 13.2. The van der Waals surface area contributed by atoms with Crippen molar-refractivity contribution in [2.45, 2.75) is 12.8 Å². The number of esters is 1. The van der Waals surface area contributed by atoms with Crippen molar-refractivity contribution in [3.05, 3.63) is 35.1 Å². The van der Waals surface area contributed by atoms with Crippen molar-refractivity contribution in [1.29, 1.82) is 0 Å². The molecule has 0 amide bonds. The number of alkyl halides is 3. The monoisotopic (exact) mass is 258 g/mol. The largest absolute Gasteiger partial charge is 0.490 e. The molecular weight excluding hydrogens is 254 g/mol. The van der Waals surface area contributed by atoms with Gasteiger partial charge in [0.2, 0.25) is 0 Å². The van der Waals surface area contributed by atoms with E-state index in [9.17, 15) is 31.1 Å². The minimum absolute atomic E-state index is 0.458. The first-order valence-electron chi connectivity index (χ1n) is 4.10. The molecule has 0 saturated carbocycles. The Morgan fingerprint density at radius 2 is 1.65 bits per heavy atom. The third-order valence-electron chi connectivity index (χ3n) is 1.72. The van der Waals surface area contributed by atoms with Crippen LogP contribution in [-0.2, 0) is 16.1 Å². The minimum Gasteiger partial charge on any atom is -0.454 e. The summed E-state index contributed by atoms with van der Waals surface area (Å²) in [6.07, 6.45) is -5.28. The van der Waals surface area contributed by atoms with E-state index in [-0.39, 0.29) is 0 Å². The van der Waals surface area contributed by atoms with Gasteiger partial charge in [-0.3, -0.25) is 0 Å². The van der Waals surface area contributed by atoms with Crippen molar-refractivity contribution in [3.63, 3.8) is 0 Å². The normalized spacial score (nSPS) is 11.4. The van der Waals surface area contributed by atoms with Gasteiger partial charge in [0.25, 0.3) is 0 Å². The lowest BCUT2D eigenvalue weighted by Gasteiger charge is -2.08. The maximum atomic E-state index is 12.9. The highest BCUT2D eigenvalue weighted by Crippen LogP contribution is 2.20. The zero-order valence-corrected chi connectivity index (χ0v) is 7.95. The average Bonchev–Trinajstić information content (AvgIpc) is 2.22. The van der Waals surface area contributed by atoms with E-state index in [1.165, 1.54) is 0 Å². The van der Waals surface area contributed by atoms with Crippen LogP contribution in [0.3, 0.4) is 0 Å². The summed E-state index contributed by atoms with van der Waals surface area (Å²) < 4.78 is 77.1. The summed E-state index contributed by atoms with van der Waals surface area (Å²) >= 11 is 0. The summed E-state index contributed by atoms with van der Waals surface area (Å²) in [6, 6.07) is 0.967. The second-order valence-corrected chi connectivity index (χ2v) is 2.90. The molecule has 0 saturated heterocycles. The number of hydrogen-bond acceptors (Lipinski definition) is 2. The van der Waals surface area contributed by atoms with Gasteiger partial charge in [0, 0.05) is 0 Å². The topological polar surface area (TPSA) is 26.3 Å². The molecule has 2 nitrogen and oxygen atoms in total. The SMILES string of the molecule is O=C(OCc1c(F)ccc(F)c1F)C(F)(F)F. The van der Waals surface area contributed by atoms with Crippen LogP contribution < -0.4 is 0 Å². The van der Waals surface area contributed by atoms with Crippen LogP contribution in [0.15, 0.2) is 12.1 Å². The van der Waals surface area contributed by atoms with Crippen LogP contribution >= 0.6 is 0 Å². The van der Waals surface area contributed by atoms with Crippen LogP contribution in [0.25, 0.3) is 0 Å². The van der Waals surface area contributed by atoms with E-state index < -0.39 is 41.8 Å². The molecule has 0 bridgehead atoms. The van der Waals surface area contributed by atoms with Gasteiger partial charge in [-0.15, -0.1) is 0 Å². The number of rotatable bonds is 2. The quantitative estimate of drug-likeness (QED) is 0.463. The van der Waals surface area contributed by atoms with E-state index >= 15 is 0 Å². The third-order valence-corrected chi connectivity index (χ3v) is 1.72. The molecule has 0 fully saturated rings. The molecule has 0 aromatic heterocycles. The van der Waals surface area contributed by atoms with Crippen LogP contribution in [0.4, 0.5) is 26.3 Å². The molecule has 1 aromatic rings. The predicted molar refractivity (Wildman–Crippen MR) is 42.2 cm³/mol. The van der Waals surface area contributed by atoms with E-state index in [1.54, 1.807) is 0 Å². The van der Waals surface area contributed by atoms with Crippen molar-refractivity contribution in [1.82, 2.24) is 0 Å². The van der Waals surface area contributed by atoms with Gasteiger partial charge in [0.1, 0.15) is 12.4 Å². The Kier molecular flexibility index (Phi) is 3.64. The average molecular weight is 258 g/mol. The Morgan fingerprint density at radius 3 is 2.18 bits per heavy atom. The summed E-state index contributed by atoms with van der Waals surface area (Å²) in [7, 11) is 0. The molecule has 0 aliphatic rings. The van der Waals surface area contributed by atoms with Gasteiger partial charge in [-0.2, -0.15) is 13.2 Å². The molecule has 0 aliphatic carbocycles. The van der Waals surface area contributed by atoms with Crippen LogP contribution in [0.1, 0.15) is 5.56 Å². The summed E-state index contributed by atoms with van der Waals surface area (Å²) in [6.45, 7) is -1.34. The number of carbonyl (C=O) groups is 1. The first kappa shape index (κ1) is 13.3. The second-order valence-electron chi connectivity index (χ2n) is 2.90.